The molecule has 0 bridgehead atoms. The van der Waals surface area contributed by atoms with E-state index in [0.29, 0.717) is 0 Å². The Morgan fingerprint density at radius 1 is 0.429 bits per heavy atom. The maximum Gasteiger partial charge on any atom is 0.0550 e. The molecule has 1 nitrogen and oxygen atoms in total. The molecule has 0 atom stereocenters. The van der Waals surface area contributed by atoms with Crippen molar-refractivity contribution in [3.63, 3.8) is 0 Å². The Morgan fingerprint density at radius 2 is 0.929 bits per heavy atom. The zero-order chi connectivity index (χ0) is 39.1. The van der Waals surface area contributed by atoms with Crippen molar-refractivity contribution in [1.82, 2.24) is 4.57 Å². The second kappa shape index (κ2) is 18.1. The number of unbranched alkanes of at least 4 members (excludes halogenated alkanes) is 10. The molecule has 0 aliphatic heterocycles. The van der Waals surface area contributed by atoms with Gasteiger partial charge in [0.2, 0.25) is 0 Å². The largest absolute Gasteiger partial charge is 0.309 e. The smallest absolute Gasteiger partial charge is 0.0550 e. The lowest BCUT2D eigenvalue weighted by atomic mass is 9.70. The standard InChI is InChI=1S/C31H46.C24H19N/c1-5-7-9-11-13-15-21-31(22-16-14-12-10-8-6-2)29-23-25(3)17-19-27(29)28-20-18-26(4)24-30(28)31;1-16-12-13-21-22(14-16)25(18-8-4-3-5-9-18)23-15-17(2)19-10-6-7-11-20(19)24(21)23/h17-20,23-24H,5-16,21-22H2,1-4H3;3-15H,1-2H3. The summed E-state index contributed by atoms with van der Waals surface area (Å²) >= 11 is 0. The van der Waals surface area contributed by atoms with Crippen LogP contribution in [-0.4, -0.2) is 4.57 Å². The molecule has 0 saturated carbocycles. The van der Waals surface area contributed by atoms with Crippen LogP contribution in [0.2, 0.25) is 0 Å². The molecule has 56 heavy (non-hydrogen) atoms. The predicted molar refractivity (Wildman–Crippen MR) is 246 cm³/mol. The van der Waals surface area contributed by atoms with Gasteiger partial charge in [-0.15, -0.1) is 0 Å². The van der Waals surface area contributed by atoms with Crippen molar-refractivity contribution in [2.24, 2.45) is 0 Å². The Bertz CT molecular complexity index is 2320. The van der Waals surface area contributed by atoms with Crippen LogP contribution < -0.4 is 0 Å². The Balaban J connectivity index is 0.000000175. The summed E-state index contributed by atoms with van der Waals surface area (Å²) in [7, 11) is 0. The summed E-state index contributed by atoms with van der Waals surface area (Å²) in [4.78, 5) is 0. The fourth-order valence-electron chi connectivity index (χ4n) is 9.82. The van der Waals surface area contributed by atoms with Crippen LogP contribution in [0.15, 0.2) is 115 Å². The van der Waals surface area contributed by atoms with Crippen molar-refractivity contribution in [2.75, 3.05) is 0 Å². The van der Waals surface area contributed by atoms with E-state index in [0.717, 1.165) is 0 Å². The molecule has 1 aliphatic carbocycles. The fraction of sp³-hybridized carbons (Fsp3) is 0.382. The van der Waals surface area contributed by atoms with E-state index in [1.807, 2.05) is 0 Å². The van der Waals surface area contributed by atoms with E-state index < -0.39 is 0 Å². The van der Waals surface area contributed by atoms with E-state index in [1.54, 1.807) is 11.1 Å². The van der Waals surface area contributed by atoms with Gasteiger partial charge in [0, 0.05) is 21.9 Å². The first-order valence-electron chi connectivity index (χ1n) is 22.1. The maximum atomic E-state index is 2.53. The van der Waals surface area contributed by atoms with Crippen LogP contribution in [-0.2, 0) is 5.41 Å². The second-order valence-corrected chi connectivity index (χ2v) is 17.0. The highest BCUT2D eigenvalue weighted by Crippen LogP contribution is 2.54. The van der Waals surface area contributed by atoms with Crippen molar-refractivity contribution in [3.05, 3.63) is 149 Å². The van der Waals surface area contributed by atoms with Crippen molar-refractivity contribution >= 4 is 32.6 Å². The summed E-state index contributed by atoms with van der Waals surface area (Å²) in [5.74, 6) is 0. The molecule has 0 saturated heterocycles. The molecular formula is C55H65N. The molecule has 1 aliphatic rings. The zero-order valence-corrected chi connectivity index (χ0v) is 35.3. The van der Waals surface area contributed by atoms with Crippen molar-refractivity contribution in [3.8, 4) is 16.8 Å². The number of fused-ring (bicyclic) bond motifs is 8. The van der Waals surface area contributed by atoms with Gasteiger partial charge in [-0.1, -0.05) is 193 Å². The number of aromatic nitrogens is 1. The number of para-hydroxylation sites is 1. The summed E-state index contributed by atoms with van der Waals surface area (Å²) < 4.78 is 2.40. The summed E-state index contributed by atoms with van der Waals surface area (Å²) in [6.45, 7) is 13.5. The van der Waals surface area contributed by atoms with Gasteiger partial charge >= 0.3 is 0 Å². The van der Waals surface area contributed by atoms with Gasteiger partial charge < -0.3 is 4.57 Å². The number of benzene rings is 6. The molecule has 8 rings (SSSR count). The Morgan fingerprint density at radius 3 is 1.52 bits per heavy atom. The van der Waals surface area contributed by atoms with Gasteiger partial charge in [-0.2, -0.15) is 0 Å². The number of hydrogen-bond donors (Lipinski definition) is 0. The summed E-state index contributed by atoms with van der Waals surface area (Å²) in [6.07, 6.45) is 19.2. The lowest BCUT2D eigenvalue weighted by molar-refractivity contribution is 0.397. The minimum absolute atomic E-state index is 0.234. The summed E-state index contributed by atoms with van der Waals surface area (Å²) in [6, 6.07) is 43.0. The van der Waals surface area contributed by atoms with Gasteiger partial charge in [0.1, 0.15) is 0 Å². The van der Waals surface area contributed by atoms with E-state index in [2.05, 4.69) is 161 Å². The van der Waals surface area contributed by atoms with E-state index in [-0.39, 0.29) is 5.41 Å². The van der Waals surface area contributed by atoms with Crippen LogP contribution in [0.1, 0.15) is 137 Å². The minimum Gasteiger partial charge on any atom is -0.309 e. The highest BCUT2D eigenvalue weighted by molar-refractivity contribution is 6.22. The second-order valence-electron chi connectivity index (χ2n) is 17.0. The van der Waals surface area contributed by atoms with Crippen molar-refractivity contribution < 1.29 is 0 Å². The van der Waals surface area contributed by atoms with Crippen LogP contribution >= 0.6 is 0 Å². The highest BCUT2D eigenvalue weighted by Gasteiger charge is 2.42. The first kappa shape index (κ1) is 39.6. The predicted octanol–water partition coefficient (Wildman–Crippen LogP) is 16.6. The Kier molecular flexibility index (Phi) is 12.8. The molecular weight excluding hydrogens is 675 g/mol. The minimum atomic E-state index is 0.234. The third-order valence-electron chi connectivity index (χ3n) is 12.7. The maximum absolute atomic E-state index is 2.53. The molecule has 6 aromatic carbocycles. The first-order valence-corrected chi connectivity index (χ1v) is 22.1. The van der Waals surface area contributed by atoms with E-state index in [1.165, 1.54) is 162 Å². The third-order valence-corrected chi connectivity index (χ3v) is 12.7. The van der Waals surface area contributed by atoms with Crippen LogP contribution in [0.5, 0.6) is 0 Å². The van der Waals surface area contributed by atoms with Gasteiger partial charge in [0.05, 0.1) is 11.0 Å². The van der Waals surface area contributed by atoms with Gasteiger partial charge in [0.15, 0.2) is 0 Å². The van der Waals surface area contributed by atoms with E-state index in [9.17, 15) is 0 Å². The van der Waals surface area contributed by atoms with Crippen LogP contribution in [0, 0.1) is 27.7 Å². The van der Waals surface area contributed by atoms with Gasteiger partial charge in [-0.25, -0.2) is 0 Å². The van der Waals surface area contributed by atoms with Crippen molar-refractivity contribution in [1.29, 1.82) is 0 Å². The summed E-state index contributed by atoms with van der Waals surface area (Å²) in [5.41, 5.74) is 15.7. The molecule has 0 amide bonds. The number of nitrogens with zero attached hydrogens (tertiary/aromatic N) is 1. The zero-order valence-electron chi connectivity index (χ0n) is 35.3. The number of aryl methyl sites for hydroxylation is 4. The van der Waals surface area contributed by atoms with Gasteiger partial charge in [-0.05, 0) is 109 Å². The Labute approximate surface area is 338 Å². The van der Waals surface area contributed by atoms with Crippen LogP contribution in [0.3, 0.4) is 0 Å². The lowest BCUT2D eigenvalue weighted by Crippen LogP contribution is -2.25. The molecule has 0 radical (unpaired) electrons. The average Bonchev–Trinajstić information content (AvgIpc) is 3.66. The quantitative estimate of drug-likeness (QED) is 0.0923. The van der Waals surface area contributed by atoms with Gasteiger partial charge in [0.25, 0.3) is 0 Å². The fourth-order valence-corrected chi connectivity index (χ4v) is 9.82. The monoisotopic (exact) mass is 740 g/mol. The molecule has 0 fully saturated rings. The molecule has 0 N–H and O–H groups in total. The molecule has 1 heteroatoms. The molecule has 290 valence electrons. The number of rotatable bonds is 15. The third kappa shape index (κ3) is 8.11. The Hall–Kier alpha value is -4.62. The normalized spacial score (nSPS) is 12.9. The van der Waals surface area contributed by atoms with E-state index in [4.69, 9.17) is 0 Å². The highest BCUT2D eigenvalue weighted by atomic mass is 15.0. The van der Waals surface area contributed by atoms with E-state index >= 15 is 0 Å². The van der Waals surface area contributed by atoms with Crippen LogP contribution in [0.4, 0.5) is 0 Å². The average molecular weight is 740 g/mol. The molecule has 7 aromatic rings. The molecule has 1 aromatic heterocycles. The molecule has 0 spiro atoms. The summed E-state index contributed by atoms with van der Waals surface area (Å²) in [5, 5.41) is 5.34. The van der Waals surface area contributed by atoms with Gasteiger partial charge in [-0.3, -0.25) is 0 Å². The topological polar surface area (TPSA) is 4.93 Å². The SMILES string of the molecule is CCCCCCCCC1(CCCCCCCC)c2cc(C)ccc2-c2ccc(C)cc21.Cc1ccc2c3c4ccccc4c(C)cc3n(-c3ccccc3)c2c1. The molecule has 1 heterocycles. The van der Waals surface area contributed by atoms with Crippen molar-refractivity contribution in [2.45, 2.75) is 137 Å². The first-order chi connectivity index (χ1) is 27.4. The lowest BCUT2D eigenvalue weighted by Gasteiger charge is -2.33. The van der Waals surface area contributed by atoms with Crippen LogP contribution in [0.25, 0.3) is 49.4 Å². The number of hydrogen-bond acceptors (Lipinski definition) is 0. The molecule has 0 unspecified atom stereocenters.